The molecule has 1 aromatic carbocycles. The second-order valence-corrected chi connectivity index (χ2v) is 4.58. The monoisotopic (exact) mass is 207 g/mol. The van der Waals surface area contributed by atoms with Crippen LogP contribution in [0.15, 0.2) is 24.3 Å². The van der Waals surface area contributed by atoms with Crippen LogP contribution in [0.25, 0.3) is 0 Å². The van der Waals surface area contributed by atoms with E-state index in [9.17, 15) is 4.79 Å². The maximum absolute atomic E-state index is 11.3. The van der Waals surface area contributed by atoms with Gasteiger partial charge >= 0.3 is 0 Å². The van der Waals surface area contributed by atoms with Crippen LogP contribution in [0.5, 0.6) is 0 Å². The summed E-state index contributed by atoms with van der Waals surface area (Å²) in [5, 5.41) is 3.65. The molecule has 2 unspecified atom stereocenters. The van der Waals surface area contributed by atoms with Gasteiger partial charge in [-0.1, -0.05) is 23.7 Å². The third-order valence-corrected chi connectivity index (χ3v) is 3.60. The third-order valence-electron chi connectivity index (χ3n) is 3.37. The second kappa shape index (κ2) is 2.51. The van der Waals surface area contributed by atoms with E-state index < -0.39 is 0 Å². The summed E-state index contributed by atoms with van der Waals surface area (Å²) in [5.41, 5.74) is 1.27. The zero-order chi connectivity index (χ0) is 9.76. The van der Waals surface area contributed by atoms with Gasteiger partial charge in [0.1, 0.15) is 0 Å². The number of nitrogens with one attached hydrogen (secondary N) is 1. The van der Waals surface area contributed by atoms with Crippen LogP contribution in [0.1, 0.15) is 12.0 Å². The summed E-state index contributed by atoms with van der Waals surface area (Å²) >= 11 is 5.93. The second-order valence-electron chi connectivity index (χ2n) is 4.14. The summed E-state index contributed by atoms with van der Waals surface area (Å²) in [4.78, 5) is 11.3. The molecule has 2 aliphatic rings. The lowest BCUT2D eigenvalue weighted by Crippen LogP contribution is -2.22. The summed E-state index contributed by atoms with van der Waals surface area (Å²) in [7, 11) is 0. The lowest BCUT2D eigenvalue weighted by molar-refractivity contribution is -0.120. The van der Waals surface area contributed by atoms with Gasteiger partial charge < -0.3 is 5.32 Å². The fourth-order valence-electron chi connectivity index (χ4n) is 2.43. The normalized spacial score (nSPS) is 33.8. The van der Waals surface area contributed by atoms with Crippen molar-refractivity contribution in [2.75, 3.05) is 6.54 Å². The van der Waals surface area contributed by atoms with Crippen LogP contribution in [-0.2, 0) is 10.2 Å². The molecule has 0 radical (unpaired) electrons. The third kappa shape index (κ3) is 0.947. The molecule has 2 fully saturated rings. The molecule has 2 nitrogen and oxygen atoms in total. The number of fused-ring (bicyclic) bond motifs is 1. The first-order valence-corrected chi connectivity index (χ1v) is 5.14. The largest absolute Gasteiger partial charge is 0.355 e. The molecule has 3 rings (SSSR count). The number of amides is 1. The first-order chi connectivity index (χ1) is 6.72. The van der Waals surface area contributed by atoms with Crippen molar-refractivity contribution in [3.63, 3.8) is 0 Å². The van der Waals surface area contributed by atoms with Gasteiger partial charge in [-0.05, 0) is 24.1 Å². The molecular formula is C11H10ClNO. The van der Waals surface area contributed by atoms with Gasteiger partial charge in [0.25, 0.3) is 0 Å². The van der Waals surface area contributed by atoms with E-state index in [0.717, 1.165) is 18.0 Å². The van der Waals surface area contributed by atoms with Crippen molar-refractivity contribution in [1.29, 1.82) is 0 Å². The Labute approximate surface area is 87.3 Å². The van der Waals surface area contributed by atoms with E-state index >= 15 is 0 Å². The molecule has 0 bridgehead atoms. The molecule has 1 saturated heterocycles. The molecule has 2 atom stereocenters. The van der Waals surface area contributed by atoms with Crippen LogP contribution >= 0.6 is 11.6 Å². The minimum atomic E-state index is 0.0714. The fraction of sp³-hybridized carbons (Fsp3) is 0.364. The predicted octanol–water partition coefficient (Wildman–Crippen LogP) is 1.73. The Hall–Kier alpha value is -1.02. The number of rotatable bonds is 1. The van der Waals surface area contributed by atoms with Crippen LogP contribution in [0, 0.1) is 5.92 Å². The van der Waals surface area contributed by atoms with Crippen LogP contribution in [-0.4, -0.2) is 12.5 Å². The number of benzene rings is 1. The van der Waals surface area contributed by atoms with E-state index in [4.69, 9.17) is 11.6 Å². The van der Waals surface area contributed by atoms with Gasteiger partial charge in [0, 0.05) is 17.0 Å². The Morgan fingerprint density at radius 2 is 2.36 bits per heavy atom. The summed E-state index contributed by atoms with van der Waals surface area (Å²) in [6.45, 7) is 0.775. The Kier molecular flexibility index (Phi) is 1.49. The fourth-order valence-corrected chi connectivity index (χ4v) is 2.62. The van der Waals surface area contributed by atoms with E-state index in [-0.39, 0.29) is 17.2 Å². The molecule has 72 valence electrons. The number of carbonyl (C=O) groups excluding carboxylic acids is 1. The highest BCUT2D eigenvalue weighted by Crippen LogP contribution is 2.57. The van der Waals surface area contributed by atoms with Crippen LogP contribution < -0.4 is 5.32 Å². The first kappa shape index (κ1) is 8.30. The van der Waals surface area contributed by atoms with Gasteiger partial charge in [-0.3, -0.25) is 4.79 Å². The van der Waals surface area contributed by atoms with E-state index in [1.54, 1.807) is 0 Å². The zero-order valence-electron chi connectivity index (χ0n) is 7.59. The van der Waals surface area contributed by atoms with Gasteiger partial charge in [0.2, 0.25) is 5.91 Å². The highest BCUT2D eigenvalue weighted by Gasteiger charge is 2.63. The summed E-state index contributed by atoms with van der Waals surface area (Å²) in [6, 6.07) is 7.85. The molecule has 1 N–H and O–H groups in total. The van der Waals surface area contributed by atoms with Crippen molar-refractivity contribution >= 4 is 17.5 Å². The van der Waals surface area contributed by atoms with Crippen molar-refractivity contribution in [1.82, 2.24) is 5.32 Å². The quantitative estimate of drug-likeness (QED) is 0.747. The molecule has 14 heavy (non-hydrogen) atoms. The minimum absolute atomic E-state index is 0.0714. The van der Waals surface area contributed by atoms with E-state index in [0.29, 0.717) is 0 Å². The van der Waals surface area contributed by atoms with E-state index in [2.05, 4.69) is 11.4 Å². The smallest absolute Gasteiger partial charge is 0.224 e. The molecule has 1 aromatic rings. The summed E-state index contributed by atoms with van der Waals surface area (Å²) in [5.74, 6) is 0.394. The Morgan fingerprint density at radius 3 is 2.93 bits per heavy atom. The van der Waals surface area contributed by atoms with Gasteiger partial charge in [-0.2, -0.15) is 0 Å². The molecular weight excluding hydrogens is 198 g/mol. The standard InChI is InChI=1S/C11H10ClNO/c12-8-3-1-2-7(4-8)11-5-9(11)10(14)13-6-11/h1-4,9H,5-6H2,(H,13,14). The van der Waals surface area contributed by atoms with Gasteiger partial charge in [0.15, 0.2) is 0 Å². The Morgan fingerprint density at radius 1 is 1.50 bits per heavy atom. The minimum Gasteiger partial charge on any atom is -0.355 e. The predicted molar refractivity (Wildman–Crippen MR) is 54.2 cm³/mol. The molecule has 1 saturated carbocycles. The number of piperidine rings is 1. The molecule has 1 amide bonds. The Balaban J connectivity index is 2.01. The Bertz CT molecular complexity index is 418. The highest BCUT2D eigenvalue weighted by molar-refractivity contribution is 6.30. The highest BCUT2D eigenvalue weighted by atomic mass is 35.5. The number of hydrogen-bond donors (Lipinski definition) is 1. The van der Waals surface area contributed by atoms with Crippen LogP contribution in [0.2, 0.25) is 5.02 Å². The average Bonchev–Trinajstić information content (AvgIpc) is 2.83. The molecule has 0 aromatic heterocycles. The molecule has 1 aliphatic carbocycles. The lowest BCUT2D eigenvalue weighted by atomic mass is 9.95. The van der Waals surface area contributed by atoms with Crippen molar-refractivity contribution in [3.8, 4) is 0 Å². The maximum Gasteiger partial charge on any atom is 0.224 e. The topological polar surface area (TPSA) is 29.1 Å². The number of carbonyl (C=O) groups is 1. The SMILES string of the molecule is O=C1NCC2(c3cccc(Cl)c3)CC12. The maximum atomic E-state index is 11.3. The summed E-state index contributed by atoms with van der Waals surface area (Å²) in [6.07, 6.45) is 0.985. The lowest BCUT2D eigenvalue weighted by Gasteiger charge is -2.11. The summed E-state index contributed by atoms with van der Waals surface area (Å²) < 4.78 is 0. The number of halogens is 1. The van der Waals surface area contributed by atoms with Gasteiger partial charge in [-0.25, -0.2) is 0 Å². The van der Waals surface area contributed by atoms with Crippen molar-refractivity contribution in [2.45, 2.75) is 11.8 Å². The van der Waals surface area contributed by atoms with Crippen molar-refractivity contribution in [2.24, 2.45) is 5.92 Å². The van der Waals surface area contributed by atoms with Gasteiger partial charge in [0.05, 0.1) is 5.92 Å². The molecule has 0 spiro atoms. The van der Waals surface area contributed by atoms with E-state index in [1.165, 1.54) is 5.56 Å². The molecule has 1 aliphatic heterocycles. The van der Waals surface area contributed by atoms with Crippen molar-refractivity contribution in [3.05, 3.63) is 34.9 Å². The first-order valence-electron chi connectivity index (χ1n) is 4.76. The van der Waals surface area contributed by atoms with Crippen LogP contribution in [0.3, 0.4) is 0 Å². The molecule has 3 heteroatoms. The van der Waals surface area contributed by atoms with Gasteiger partial charge in [-0.15, -0.1) is 0 Å². The van der Waals surface area contributed by atoms with Crippen LogP contribution in [0.4, 0.5) is 0 Å². The van der Waals surface area contributed by atoms with Crippen molar-refractivity contribution < 1.29 is 4.79 Å². The zero-order valence-corrected chi connectivity index (χ0v) is 8.34. The van der Waals surface area contributed by atoms with E-state index in [1.807, 2.05) is 18.2 Å². The number of hydrogen-bond acceptors (Lipinski definition) is 1. The average molecular weight is 208 g/mol. The molecule has 1 heterocycles.